The van der Waals surface area contributed by atoms with Gasteiger partial charge in [0, 0.05) is 60.2 Å². The quantitative estimate of drug-likeness (QED) is 0.0397. The Morgan fingerprint density at radius 1 is 0.563 bits per heavy atom. The summed E-state index contributed by atoms with van der Waals surface area (Å²) >= 11 is 0. The predicted octanol–water partition coefficient (Wildman–Crippen LogP) is 4.95. The summed E-state index contributed by atoms with van der Waals surface area (Å²) in [6.07, 6.45) is 1.04. The van der Waals surface area contributed by atoms with Crippen LogP contribution < -0.4 is 31.9 Å². The third-order valence-corrected chi connectivity index (χ3v) is 19.0. The minimum Gasteiger partial charge on any atom is -0.480 e. The van der Waals surface area contributed by atoms with E-state index in [4.69, 9.17) is 9.47 Å². The fraction of sp³-hybridized carbons (Fsp3) is 0.587. The summed E-state index contributed by atoms with van der Waals surface area (Å²) in [5, 5.41) is 26.2. The standard InChI is InChI=1S/C75H108N12O16/c1-44(2)39-57(81-65(91)49(8)84(14)74(101)102-43-55-53-31-21-19-29-51(53)52-30-20-22-32-54(52)55)68(94)82(12)42-62(88)77-46(5)63(89)80-58(40-45(3)4)69(95)85(15)61(41-50-27-17-16-18-28-50)66(92)78-47(6)67(93)86-37-25-34-59(86)71(97)83(13)48(7)64(90)79-56(70(96)87-38-26-35-60(87)72(98)99)33-23-24-36-76-73(100)103-75(9,10)11/h16-22,27-32,44-49,55-61H,23-26,33-43H2,1-15H3,(H,76,100)(H,77,88)(H,78,92)(H,79,90)(H,80,89)(H,81,91)(H,98,99)/t46-,47-,48-,49-,56-,57-,58-,59-,60-,61-/m0/s1. The number of hydrogen-bond acceptors (Lipinski definition) is 15. The van der Waals surface area contributed by atoms with Gasteiger partial charge in [0.2, 0.25) is 59.1 Å². The highest BCUT2D eigenvalue weighted by atomic mass is 16.6. The first-order valence-electron chi connectivity index (χ1n) is 35.7. The van der Waals surface area contributed by atoms with E-state index in [9.17, 15) is 67.4 Å². The Morgan fingerprint density at radius 3 is 1.64 bits per heavy atom. The average Bonchev–Trinajstić information content (AvgIpc) is 1.62. The van der Waals surface area contributed by atoms with Crippen molar-refractivity contribution >= 4 is 77.2 Å². The number of nitrogens with one attached hydrogen (secondary N) is 6. The molecule has 3 aromatic carbocycles. The molecule has 0 bridgehead atoms. The third-order valence-electron chi connectivity index (χ3n) is 19.0. The van der Waals surface area contributed by atoms with E-state index in [1.54, 1.807) is 51.1 Å². The highest BCUT2D eigenvalue weighted by Crippen LogP contribution is 2.44. The third kappa shape index (κ3) is 22.7. The van der Waals surface area contributed by atoms with E-state index in [1.807, 2.05) is 76.2 Å². The molecule has 28 heteroatoms. The van der Waals surface area contributed by atoms with Crippen molar-refractivity contribution in [2.24, 2.45) is 11.8 Å². The number of aliphatic carboxylic acids is 1. The van der Waals surface area contributed by atoms with Gasteiger partial charge in [0.15, 0.2) is 0 Å². The molecule has 2 fully saturated rings. The lowest BCUT2D eigenvalue weighted by Gasteiger charge is -2.34. The molecular formula is C75H108N12O16. The van der Waals surface area contributed by atoms with E-state index in [-0.39, 0.29) is 82.5 Å². The Kier molecular flexibility index (Phi) is 30.0. The van der Waals surface area contributed by atoms with Gasteiger partial charge >= 0.3 is 18.2 Å². The second kappa shape index (κ2) is 37.5. The van der Waals surface area contributed by atoms with E-state index >= 15 is 0 Å². The highest BCUT2D eigenvalue weighted by Gasteiger charge is 2.43. The Hall–Kier alpha value is -9.63. The maximum absolute atomic E-state index is 14.8. The number of carbonyl (C=O) groups excluding carboxylic acids is 12. The molecule has 6 rings (SSSR count). The molecule has 10 atom stereocenters. The summed E-state index contributed by atoms with van der Waals surface area (Å²) < 4.78 is 11.1. The number of ether oxygens (including phenoxy) is 2. The van der Waals surface area contributed by atoms with Crippen molar-refractivity contribution in [2.45, 2.75) is 212 Å². The van der Waals surface area contributed by atoms with Crippen molar-refractivity contribution in [2.75, 3.05) is 61.0 Å². The topological polar surface area (TPSA) is 352 Å². The molecule has 3 aliphatic rings. The zero-order valence-electron chi connectivity index (χ0n) is 62.4. The Morgan fingerprint density at radius 2 is 1.08 bits per heavy atom. The van der Waals surface area contributed by atoms with Crippen molar-refractivity contribution in [1.29, 1.82) is 0 Å². The van der Waals surface area contributed by atoms with Gasteiger partial charge in [-0.25, -0.2) is 14.4 Å². The van der Waals surface area contributed by atoms with Gasteiger partial charge in [0.1, 0.15) is 72.6 Å². The molecular weight excluding hydrogens is 1320 g/mol. The second-order valence-electron chi connectivity index (χ2n) is 29.2. The normalized spacial score (nSPS) is 17.1. The second-order valence-corrected chi connectivity index (χ2v) is 29.2. The molecule has 0 unspecified atom stereocenters. The van der Waals surface area contributed by atoms with E-state index in [0.717, 1.165) is 32.1 Å². The lowest BCUT2D eigenvalue weighted by atomic mass is 9.98. The Bertz CT molecular complexity index is 3480. The Balaban J connectivity index is 1.05. The number of carboxylic acids is 1. The number of alkyl carbamates (subject to hydrolysis) is 1. The van der Waals surface area contributed by atoms with Gasteiger partial charge in [-0.3, -0.25) is 52.8 Å². The Labute approximate surface area is 604 Å². The summed E-state index contributed by atoms with van der Waals surface area (Å²) in [7, 11) is 5.61. The lowest BCUT2D eigenvalue weighted by Crippen LogP contribution is -2.60. The van der Waals surface area contributed by atoms with E-state index in [0.29, 0.717) is 31.2 Å². The molecule has 7 N–H and O–H groups in total. The molecule has 0 saturated carbocycles. The first-order valence-corrected chi connectivity index (χ1v) is 35.7. The molecule has 564 valence electrons. The molecule has 28 nitrogen and oxygen atoms in total. The van der Waals surface area contributed by atoms with Gasteiger partial charge in [0.25, 0.3) is 0 Å². The van der Waals surface area contributed by atoms with Crippen LogP contribution in [0.4, 0.5) is 9.59 Å². The van der Waals surface area contributed by atoms with E-state index < -0.39 is 150 Å². The van der Waals surface area contributed by atoms with Crippen molar-refractivity contribution in [3.63, 3.8) is 0 Å². The van der Waals surface area contributed by atoms with Crippen LogP contribution in [0.2, 0.25) is 0 Å². The first-order chi connectivity index (χ1) is 48.5. The average molecular weight is 1430 g/mol. The predicted molar refractivity (Wildman–Crippen MR) is 384 cm³/mol. The van der Waals surface area contributed by atoms with E-state index in [1.165, 1.54) is 75.5 Å². The van der Waals surface area contributed by atoms with Gasteiger partial charge in [-0.1, -0.05) is 107 Å². The molecule has 1 aliphatic carbocycles. The molecule has 2 heterocycles. The van der Waals surface area contributed by atoms with Gasteiger partial charge in [-0.05, 0) is 146 Å². The van der Waals surface area contributed by atoms with Gasteiger partial charge < -0.3 is 71.0 Å². The maximum atomic E-state index is 14.8. The molecule has 2 aliphatic heterocycles. The number of carboxylic acid groups (broad SMARTS) is 1. The van der Waals surface area contributed by atoms with Crippen LogP contribution in [0.5, 0.6) is 0 Å². The lowest BCUT2D eigenvalue weighted by molar-refractivity contribution is -0.150. The smallest absolute Gasteiger partial charge is 0.410 e. The van der Waals surface area contributed by atoms with E-state index in [2.05, 4.69) is 31.9 Å². The summed E-state index contributed by atoms with van der Waals surface area (Å²) in [6, 6.07) is 13.0. The molecule has 0 radical (unpaired) electrons. The minimum absolute atomic E-state index is 0.0263. The number of unbranched alkanes of at least 4 members (excludes halogenated alkanes) is 1. The van der Waals surface area contributed by atoms with Crippen molar-refractivity contribution in [3.05, 3.63) is 95.6 Å². The zero-order chi connectivity index (χ0) is 76.3. The maximum Gasteiger partial charge on any atom is 0.410 e. The summed E-state index contributed by atoms with van der Waals surface area (Å²) in [5.74, 6) is -8.26. The summed E-state index contributed by atoms with van der Waals surface area (Å²) in [5.41, 5.74) is 4.12. The fourth-order valence-electron chi connectivity index (χ4n) is 13.1. The number of nitrogens with zero attached hydrogens (tertiary/aromatic N) is 6. The van der Waals surface area contributed by atoms with Gasteiger partial charge in [-0.15, -0.1) is 0 Å². The number of rotatable bonds is 33. The van der Waals surface area contributed by atoms with Gasteiger partial charge in [-0.2, -0.15) is 0 Å². The number of carbonyl (C=O) groups is 13. The van der Waals surface area contributed by atoms with Crippen LogP contribution in [0, 0.1) is 11.8 Å². The van der Waals surface area contributed by atoms with Crippen molar-refractivity contribution in [1.82, 2.24) is 61.3 Å². The highest BCUT2D eigenvalue weighted by molar-refractivity contribution is 5.99. The zero-order valence-corrected chi connectivity index (χ0v) is 62.4. The van der Waals surface area contributed by atoms with Crippen LogP contribution in [0.15, 0.2) is 78.9 Å². The van der Waals surface area contributed by atoms with Crippen molar-refractivity contribution in [3.8, 4) is 11.1 Å². The summed E-state index contributed by atoms with van der Waals surface area (Å²) in [4.78, 5) is 187. The number of hydrogen-bond donors (Lipinski definition) is 7. The molecule has 12 amide bonds. The first kappa shape index (κ1) is 82.3. The number of amides is 12. The fourth-order valence-corrected chi connectivity index (χ4v) is 13.1. The summed E-state index contributed by atoms with van der Waals surface area (Å²) in [6.45, 7) is 18.4. The molecule has 2 saturated heterocycles. The van der Waals surface area contributed by atoms with Gasteiger partial charge in [0.05, 0.1) is 6.54 Å². The van der Waals surface area contributed by atoms with Crippen LogP contribution in [0.3, 0.4) is 0 Å². The number of likely N-dealkylation sites (N-methyl/N-ethyl adjacent to an activating group) is 4. The van der Waals surface area contributed by atoms with Crippen LogP contribution in [0.25, 0.3) is 11.1 Å². The monoisotopic (exact) mass is 1430 g/mol. The van der Waals surface area contributed by atoms with Crippen LogP contribution in [0.1, 0.15) is 157 Å². The van der Waals surface area contributed by atoms with Crippen LogP contribution in [-0.2, 0) is 68.6 Å². The number of fused-ring (bicyclic) bond motifs is 3. The van der Waals surface area contributed by atoms with Crippen molar-refractivity contribution < 1.29 is 76.9 Å². The largest absolute Gasteiger partial charge is 0.480 e. The van der Waals surface area contributed by atoms with Crippen LogP contribution in [-0.4, -0.2) is 239 Å². The number of likely N-dealkylation sites (tertiary alicyclic amines) is 2. The van der Waals surface area contributed by atoms with Crippen LogP contribution >= 0.6 is 0 Å². The molecule has 103 heavy (non-hydrogen) atoms. The molecule has 0 spiro atoms. The molecule has 3 aromatic rings. The minimum atomic E-state index is -1.26. The number of benzene rings is 3. The molecule has 0 aromatic heterocycles. The SMILES string of the molecule is CC(C)C[C@H](NC(=O)[C@H](C)N(C)C(=O)OCC1c2ccccc2-c2ccccc21)C(=O)N(C)CC(=O)N[C@@H](C)C(=O)N[C@@H](CC(C)C)C(=O)N(C)[C@@H](Cc1ccccc1)C(=O)N[C@@H](C)C(=O)N1CCC[C@H]1C(=O)N(C)[C@@H](C)C(=O)N[C@@H](CCCCNC(=O)OC(C)(C)C)C(=O)N1CCC[C@H]1C(=O)O.